The Hall–Kier alpha value is -2.42. The summed E-state index contributed by atoms with van der Waals surface area (Å²) < 4.78 is 5.44. The Balaban J connectivity index is 1.56. The van der Waals surface area contributed by atoms with Gasteiger partial charge in [0.1, 0.15) is 11.8 Å². The van der Waals surface area contributed by atoms with E-state index in [1.165, 1.54) is 0 Å². The zero-order valence-electron chi connectivity index (χ0n) is 11.9. The summed E-state index contributed by atoms with van der Waals surface area (Å²) in [6.45, 7) is 1.81. The minimum atomic E-state index is 0.424. The van der Waals surface area contributed by atoms with Crippen molar-refractivity contribution in [3.63, 3.8) is 0 Å². The molecule has 0 unspecified atom stereocenters. The van der Waals surface area contributed by atoms with Gasteiger partial charge in [0.15, 0.2) is 0 Å². The van der Waals surface area contributed by atoms with Gasteiger partial charge in [-0.2, -0.15) is 5.26 Å². The number of nitrogens with zero attached hydrogens (tertiary/aromatic N) is 4. The van der Waals surface area contributed by atoms with Gasteiger partial charge in [0.05, 0.1) is 0 Å². The molecule has 0 saturated heterocycles. The van der Waals surface area contributed by atoms with Crippen molar-refractivity contribution in [3.8, 4) is 6.07 Å². The van der Waals surface area contributed by atoms with E-state index in [-0.39, 0.29) is 0 Å². The maximum Gasteiger partial charge on any atom is 0.216 e. The van der Waals surface area contributed by atoms with Gasteiger partial charge in [-0.1, -0.05) is 0 Å². The molecule has 108 valence electrons. The lowest BCUT2D eigenvalue weighted by Gasteiger charge is -2.14. The number of hydrogen-bond acceptors (Lipinski definition) is 6. The maximum atomic E-state index is 8.87. The van der Waals surface area contributed by atoms with E-state index in [1.54, 1.807) is 12.3 Å². The first kappa shape index (κ1) is 13.6. The second kappa shape index (κ2) is 5.92. The quantitative estimate of drug-likeness (QED) is 0.927. The van der Waals surface area contributed by atoms with Gasteiger partial charge in [0.2, 0.25) is 11.8 Å². The summed E-state index contributed by atoms with van der Waals surface area (Å²) in [6, 6.07) is 6.17. The highest BCUT2D eigenvalue weighted by Crippen LogP contribution is 2.30. The molecule has 0 aliphatic heterocycles. The Bertz CT molecular complexity index is 660. The Morgan fingerprint density at radius 3 is 3.10 bits per heavy atom. The van der Waals surface area contributed by atoms with Crippen LogP contribution in [-0.2, 0) is 6.42 Å². The molecule has 6 heteroatoms. The van der Waals surface area contributed by atoms with E-state index in [0.717, 1.165) is 37.3 Å². The average Bonchev–Trinajstić information content (AvgIpc) is 3.09. The second-order valence-corrected chi connectivity index (χ2v) is 5.48. The van der Waals surface area contributed by atoms with E-state index in [9.17, 15) is 0 Å². The van der Waals surface area contributed by atoms with Crippen molar-refractivity contribution in [1.29, 1.82) is 5.26 Å². The fourth-order valence-electron chi connectivity index (χ4n) is 2.88. The largest absolute Gasteiger partial charge is 0.426 e. The highest BCUT2D eigenvalue weighted by atomic mass is 16.4. The molecule has 2 aromatic rings. The van der Waals surface area contributed by atoms with Gasteiger partial charge in [-0.3, -0.25) is 0 Å². The zero-order valence-corrected chi connectivity index (χ0v) is 11.9. The third-order valence-corrected chi connectivity index (χ3v) is 3.82. The zero-order chi connectivity index (χ0) is 14.7. The molecule has 1 N–H and O–H groups in total. The van der Waals surface area contributed by atoms with Gasteiger partial charge < -0.3 is 9.73 Å². The van der Waals surface area contributed by atoms with Gasteiger partial charge in [0.25, 0.3) is 0 Å². The van der Waals surface area contributed by atoms with Crippen LogP contribution >= 0.6 is 0 Å². The van der Waals surface area contributed by atoms with Gasteiger partial charge >= 0.3 is 0 Å². The van der Waals surface area contributed by atoms with E-state index in [0.29, 0.717) is 23.5 Å². The smallest absolute Gasteiger partial charge is 0.216 e. The first-order valence-electron chi connectivity index (χ1n) is 7.14. The van der Waals surface area contributed by atoms with E-state index in [2.05, 4.69) is 26.6 Å². The van der Waals surface area contributed by atoms with E-state index < -0.39 is 0 Å². The van der Waals surface area contributed by atoms with Crippen LogP contribution < -0.4 is 5.32 Å². The topological polar surface area (TPSA) is 87.6 Å². The Kier molecular flexibility index (Phi) is 3.82. The number of aromatic nitrogens is 3. The fraction of sp³-hybridized carbons (Fsp3) is 0.467. The van der Waals surface area contributed by atoms with Crippen LogP contribution in [0.5, 0.6) is 0 Å². The van der Waals surface area contributed by atoms with Crippen LogP contribution in [0, 0.1) is 24.2 Å². The fourth-order valence-corrected chi connectivity index (χ4v) is 2.88. The molecule has 0 bridgehead atoms. The monoisotopic (exact) mass is 283 g/mol. The molecule has 0 amide bonds. The normalized spacial score (nSPS) is 21.1. The van der Waals surface area contributed by atoms with Crippen molar-refractivity contribution in [2.24, 2.45) is 5.92 Å². The van der Waals surface area contributed by atoms with Crippen molar-refractivity contribution in [3.05, 3.63) is 35.8 Å². The molecular weight excluding hydrogens is 266 g/mol. The molecule has 0 radical (unpaired) electrons. The molecular formula is C15H17N5O. The molecule has 1 fully saturated rings. The molecule has 6 nitrogen and oxygen atoms in total. The molecule has 1 aliphatic carbocycles. The molecule has 0 aromatic carbocycles. The molecule has 2 atom stereocenters. The van der Waals surface area contributed by atoms with Crippen molar-refractivity contribution in [1.82, 2.24) is 15.2 Å². The summed E-state index contributed by atoms with van der Waals surface area (Å²) in [4.78, 5) is 3.98. The van der Waals surface area contributed by atoms with E-state index in [4.69, 9.17) is 9.68 Å². The second-order valence-electron chi connectivity index (χ2n) is 5.48. The summed E-state index contributed by atoms with van der Waals surface area (Å²) in [5, 5.41) is 20.3. The number of anilines is 1. The van der Waals surface area contributed by atoms with Crippen LogP contribution in [0.25, 0.3) is 0 Å². The van der Waals surface area contributed by atoms with Gasteiger partial charge in [-0.15, -0.1) is 10.2 Å². The lowest BCUT2D eigenvalue weighted by Crippen LogP contribution is -2.16. The van der Waals surface area contributed by atoms with Crippen LogP contribution in [0.1, 0.15) is 36.7 Å². The third kappa shape index (κ3) is 3.37. The number of rotatable bonds is 4. The van der Waals surface area contributed by atoms with Crippen LogP contribution in [0.15, 0.2) is 22.7 Å². The number of nitriles is 1. The van der Waals surface area contributed by atoms with Crippen LogP contribution in [0.3, 0.4) is 0 Å². The summed E-state index contributed by atoms with van der Waals surface area (Å²) >= 11 is 0. The predicted molar refractivity (Wildman–Crippen MR) is 76.4 cm³/mol. The van der Waals surface area contributed by atoms with Crippen molar-refractivity contribution in [2.45, 2.75) is 38.6 Å². The number of pyridine rings is 1. The predicted octanol–water partition coefficient (Wildman–Crippen LogP) is 2.47. The lowest BCUT2D eigenvalue weighted by atomic mass is 10.0. The summed E-state index contributed by atoms with van der Waals surface area (Å²) in [7, 11) is 0. The number of aryl methyl sites for hydroxylation is 1. The van der Waals surface area contributed by atoms with E-state index in [1.807, 2.05) is 13.0 Å². The van der Waals surface area contributed by atoms with Crippen LogP contribution in [0.2, 0.25) is 0 Å². The van der Waals surface area contributed by atoms with Crippen molar-refractivity contribution in [2.75, 3.05) is 5.32 Å². The van der Waals surface area contributed by atoms with Gasteiger partial charge in [-0.25, -0.2) is 4.98 Å². The number of hydrogen-bond donors (Lipinski definition) is 1. The minimum absolute atomic E-state index is 0.424. The van der Waals surface area contributed by atoms with E-state index >= 15 is 0 Å². The summed E-state index contributed by atoms with van der Waals surface area (Å²) in [5.74, 6) is 1.92. The SMILES string of the molecule is Cc1nnc(C[C@@H]2CC[C@H](Nc3ccnc(C#N)c3)C2)o1. The Labute approximate surface area is 123 Å². The summed E-state index contributed by atoms with van der Waals surface area (Å²) in [5.41, 5.74) is 1.40. The lowest BCUT2D eigenvalue weighted by molar-refractivity contribution is 0.416. The molecule has 3 rings (SSSR count). The molecule has 2 aromatic heterocycles. The molecule has 21 heavy (non-hydrogen) atoms. The summed E-state index contributed by atoms with van der Waals surface area (Å²) in [6.07, 6.45) is 5.84. The van der Waals surface area contributed by atoms with Crippen LogP contribution in [0.4, 0.5) is 5.69 Å². The number of nitrogens with one attached hydrogen (secondary N) is 1. The van der Waals surface area contributed by atoms with Gasteiger partial charge in [-0.05, 0) is 37.3 Å². The van der Waals surface area contributed by atoms with Crippen molar-refractivity contribution >= 4 is 5.69 Å². The Morgan fingerprint density at radius 1 is 1.43 bits per heavy atom. The minimum Gasteiger partial charge on any atom is -0.426 e. The first-order chi connectivity index (χ1) is 10.2. The molecule has 1 saturated carbocycles. The average molecular weight is 283 g/mol. The molecule has 1 aliphatic rings. The maximum absolute atomic E-state index is 8.87. The third-order valence-electron chi connectivity index (χ3n) is 3.82. The van der Waals surface area contributed by atoms with Crippen molar-refractivity contribution < 1.29 is 4.42 Å². The molecule has 0 spiro atoms. The van der Waals surface area contributed by atoms with Gasteiger partial charge in [0, 0.05) is 31.3 Å². The highest BCUT2D eigenvalue weighted by Gasteiger charge is 2.26. The molecule has 2 heterocycles. The van der Waals surface area contributed by atoms with Crippen LogP contribution in [-0.4, -0.2) is 21.2 Å². The first-order valence-corrected chi connectivity index (χ1v) is 7.14. The standard InChI is InChI=1S/C15H17N5O/c1-10-19-20-15(21-10)7-11-2-3-12(6-11)18-13-4-5-17-14(8-13)9-16/h4-5,8,11-12H,2-3,6-7H2,1H3,(H,17,18)/t11-,12+/m1/s1. The Morgan fingerprint density at radius 2 is 2.33 bits per heavy atom. The highest BCUT2D eigenvalue weighted by molar-refractivity contribution is 5.46.